The molecule has 2 aromatic carbocycles. The maximum Gasteiger partial charge on any atom is 0.244 e. The Kier molecular flexibility index (Phi) is 6.62. The van der Waals surface area contributed by atoms with E-state index in [2.05, 4.69) is 18.4 Å². The maximum absolute atomic E-state index is 12.9. The second-order valence-electron chi connectivity index (χ2n) is 6.11. The van der Waals surface area contributed by atoms with Crippen molar-refractivity contribution in [3.63, 3.8) is 0 Å². The zero-order valence-electron chi connectivity index (χ0n) is 15.4. The average Bonchev–Trinajstić information content (AvgIpc) is 2.61. The Bertz CT molecular complexity index is 920. The summed E-state index contributed by atoms with van der Waals surface area (Å²) >= 11 is 0. The average molecular weight is 369 g/mol. The van der Waals surface area contributed by atoms with Crippen molar-refractivity contribution in [2.75, 3.05) is 32.1 Å². The smallest absolute Gasteiger partial charge is 0.244 e. The molecule has 0 aliphatic carbocycles. The van der Waals surface area contributed by atoms with E-state index < -0.39 is 10.0 Å². The SMILES string of the molecule is C=CCN(CC#Cc1ccccc1N(C)C)S(=O)(=O)c1ccc(C)cc1. The molecule has 0 radical (unpaired) electrons. The predicted molar refractivity (Wildman–Crippen MR) is 108 cm³/mol. The van der Waals surface area contributed by atoms with Crippen LogP contribution in [-0.4, -0.2) is 39.9 Å². The summed E-state index contributed by atoms with van der Waals surface area (Å²) in [5.74, 6) is 6.08. The number of anilines is 1. The molecule has 0 heterocycles. The quantitative estimate of drug-likeness (QED) is 0.580. The Hall–Kier alpha value is -2.55. The molecule has 2 rings (SSSR count). The molecule has 0 fully saturated rings. The third-order valence-electron chi connectivity index (χ3n) is 3.86. The Balaban J connectivity index is 2.28. The highest BCUT2D eigenvalue weighted by molar-refractivity contribution is 7.89. The van der Waals surface area contributed by atoms with E-state index in [4.69, 9.17) is 0 Å². The molecule has 0 aliphatic heterocycles. The van der Waals surface area contributed by atoms with Crippen LogP contribution in [0.25, 0.3) is 0 Å². The molecule has 5 heteroatoms. The summed E-state index contributed by atoms with van der Waals surface area (Å²) in [5, 5.41) is 0. The third-order valence-corrected chi connectivity index (χ3v) is 5.68. The first-order valence-corrected chi connectivity index (χ1v) is 9.73. The summed E-state index contributed by atoms with van der Waals surface area (Å²) < 4.78 is 27.0. The van der Waals surface area contributed by atoms with Crippen LogP contribution in [-0.2, 0) is 10.0 Å². The van der Waals surface area contributed by atoms with Gasteiger partial charge in [0.25, 0.3) is 0 Å². The minimum Gasteiger partial charge on any atom is -0.377 e. The monoisotopic (exact) mass is 368 g/mol. The van der Waals surface area contributed by atoms with Gasteiger partial charge in [-0.15, -0.1) is 6.58 Å². The molecule has 0 aromatic heterocycles. The lowest BCUT2D eigenvalue weighted by atomic mass is 10.1. The normalized spacial score (nSPS) is 10.9. The molecule has 4 nitrogen and oxygen atoms in total. The van der Waals surface area contributed by atoms with E-state index in [1.54, 1.807) is 30.3 Å². The molecule has 0 amide bonds. The first-order chi connectivity index (χ1) is 12.4. The number of rotatable bonds is 6. The predicted octanol–water partition coefficient (Wildman–Crippen LogP) is 3.29. The number of hydrogen-bond acceptors (Lipinski definition) is 3. The van der Waals surface area contributed by atoms with E-state index in [0.717, 1.165) is 16.8 Å². The van der Waals surface area contributed by atoms with Gasteiger partial charge in [0.2, 0.25) is 10.0 Å². The summed E-state index contributed by atoms with van der Waals surface area (Å²) in [5.41, 5.74) is 2.87. The zero-order valence-corrected chi connectivity index (χ0v) is 16.3. The molecule has 0 saturated carbocycles. The molecule has 0 bridgehead atoms. The molecule has 0 unspecified atom stereocenters. The Morgan fingerprint density at radius 1 is 1.08 bits per heavy atom. The second kappa shape index (κ2) is 8.70. The van der Waals surface area contributed by atoms with Gasteiger partial charge >= 0.3 is 0 Å². The molecule has 0 saturated heterocycles. The highest BCUT2D eigenvalue weighted by Crippen LogP contribution is 2.18. The largest absolute Gasteiger partial charge is 0.377 e. The van der Waals surface area contributed by atoms with Crippen LogP contribution >= 0.6 is 0 Å². The van der Waals surface area contributed by atoms with E-state index >= 15 is 0 Å². The van der Waals surface area contributed by atoms with Gasteiger partial charge in [0.15, 0.2) is 0 Å². The summed E-state index contributed by atoms with van der Waals surface area (Å²) in [6.45, 7) is 5.90. The maximum atomic E-state index is 12.9. The highest BCUT2D eigenvalue weighted by Gasteiger charge is 2.22. The number of para-hydroxylation sites is 1. The molecule has 0 aliphatic rings. The van der Waals surface area contributed by atoms with Crippen LogP contribution in [0.2, 0.25) is 0 Å². The Morgan fingerprint density at radius 3 is 2.35 bits per heavy atom. The summed E-state index contributed by atoms with van der Waals surface area (Å²) in [6.07, 6.45) is 1.57. The van der Waals surface area contributed by atoms with Crippen LogP contribution in [0, 0.1) is 18.8 Å². The zero-order chi connectivity index (χ0) is 19.2. The van der Waals surface area contributed by atoms with Crippen molar-refractivity contribution in [2.24, 2.45) is 0 Å². The molecule has 0 spiro atoms. The van der Waals surface area contributed by atoms with Crippen LogP contribution in [0.4, 0.5) is 5.69 Å². The van der Waals surface area contributed by atoms with E-state index in [1.165, 1.54) is 4.31 Å². The summed E-state index contributed by atoms with van der Waals surface area (Å²) in [6, 6.07) is 14.6. The summed E-state index contributed by atoms with van der Waals surface area (Å²) in [7, 11) is 0.290. The van der Waals surface area contributed by atoms with Crippen molar-refractivity contribution in [3.8, 4) is 11.8 Å². The van der Waals surface area contributed by atoms with Crippen LogP contribution < -0.4 is 4.90 Å². The Morgan fingerprint density at radius 2 is 1.73 bits per heavy atom. The number of nitrogens with zero attached hydrogens (tertiary/aromatic N) is 2. The van der Waals surface area contributed by atoms with Gasteiger partial charge in [-0.1, -0.05) is 47.7 Å². The third kappa shape index (κ3) is 4.75. The van der Waals surface area contributed by atoms with Crippen molar-refractivity contribution in [1.29, 1.82) is 0 Å². The molecule has 2 aromatic rings. The Labute approximate surface area is 156 Å². The van der Waals surface area contributed by atoms with Gasteiger partial charge in [-0.2, -0.15) is 4.31 Å². The molecule has 26 heavy (non-hydrogen) atoms. The van der Waals surface area contributed by atoms with Crippen molar-refractivity contribution in [2.45, 2.75) is 11.8 Å². The van der Waals surface area contributed by atoms with E-state index in [-0.39, 0.29) is 18.0 Å². The first-order valence-electron chi connectivity index (χ1n) is 8.29. The minimum atomic E-state index is -3.61. The topological polar surface area (TPSA) is 40.6 Å². The number of sulfonamides is 1. The molecule has 0 atom stereocenters. The first kappa shape index (κ1) is 19.8. The number of benzene rings is 2. The lowest BCUT2D eigenvalue weighted by Crippen LogP contribution is -2.31. The van der Waals surface area contributed by atoms with Gasteiger partial charge in [-0.25, -0.2) is 8.42 Å². The van der Waals surface area contributed by atoms with Crippen LogP contribution in [0.3, 0.4) is 0 Å². The van der Waals surface area contributed by atoms with E-state index in [9.17, 15) is 8.42 Å². The van der Waals surface area contributed by atoms with Crippen molar-refractivity contribution < 1.29 is 8.42 Å². The van der Waals surface area contributed by atoms with E-state index in [0.29, 0.717) is 0 Å². The molecular formula is C21H24N2O2S. The van der Waals surface area contributed by atoms with E-state index in [1.807, 2.05) is 50.2 Å². The lowest BCUT2D eigenvalue weighted by Gasteiger charge is -2.18. The van der Waals surface area contributed by atoms with Crippen molar-refractivity contribution >= 4 is 15.7 Å². The van der Waals surface area contributed by atoms with Gasteiger partial charge in [0.05, 0.1) is 17.1 Å². The van der Waals surface area contributed by atoms with Gasteiger partial charge in [-0.05, 0) is 31.2 Å². The molecule has 0 N–H and O–H groups in total. The van der Waals surface area contributed by atoms with Gasteiger partial charge < -0.3 is 4.90 Å². The van der Waals surface area contributed by atoms with Crippen LogP contribution in [0.5, 0.6) is 0 Å². The lowest BCUT2D eigenvalue weighted by molar-refractivity contribution is 0.478. The fourth-order valence-electron chi connectivity index (χ4n) is 2.44. The summed E-state index contributed by atoms with van der Waals surface area (Å²) in [4.78, 5) is 2.25. The second-order valence-corrected chi connectivity index (χ2v) is 8.05. The van der Waals surface area contributed by atoms with Gasteiger partial charge in [-0.3, -0.25) is 0 Å². The fraction of sp³-hybridized carbons (Fsp3) is 0.238. The standard InChI is InChI=1S/C21H24N2O2S/c1-5-16-23(26(24,25)20-14-12-18(2)13-15-20)17-8-10-19-9-6-7-11-21(19)22(3)4/h5-7,9,11-15H,1,16-17H2,2-4H3. The van der Waals surface area contributed by atoms with Crippen molar-refractivity contribution in [3.05, 3.63) is 72.3 Å². The number of hydrogen-bond donors (Lipinski definition) is 0. The molecule has 136 valence electrons. The fourth-order valence-corrected chi connectivity index (χ4v) is 3.76. The van der Waals surface area contributed by atoms with Gasteiger partial charge in [0, 0.05) is 26.2 Å². The number of aryl methyl sites for hydroxylation is 1. The van der Waals surface area contributed by atoms with Gasteiger partial charge in [0.1, 0.15) is 0 Å². The van der Waals surface area contributed by atoms with Crippen LogP contribution in [0.1, 0.15) is 11.1 Å². The highest BCUT2D eigenvalue weighted by atomic mass is 32.2. The van der Waals surface area contributed by atoms with Crippen LogP contribution in [0.15, 0.2) is 66.1 Å². The minimum absolute atomic E-state index is 0.101. The van der Waals surface area contributed by atoms with Crippen molar-refractivity contribution in [1.82, 2.24) is 4.31 Å². The molecular weight excluding hydrogens is 344 g/mol.